The Hall–Kier alpha value is -2.52. The van der Waals surface area contributed by atoms with Crippen molar-refractivity contribution in [3.63, 3.8) is 0 Å². The fourth-order valence-electron chi connectivity index (χ4n) is 3.25. The second-order valence-corrected chi connectivity index (χ2v) is 7.81. The van der Waals surface area contributed by atoms with Gasteiger partial charge in [-0.15, -0.1) is 0 Å². The van der Waals surface area contributed by atoms with Crippen LogP contribution >= 0.6 is 15.9 Å². The van der Waals surface area contributed by atoms with E-state index < -0.39 is 6.61 Å². The van der Waals surface area contributed by atoms with Gasteiger partial charge in [-0.1, -0.05) is 28.1 Å². The van der Waals surface area contributed by atoms with Gasteiger partial charge >= 0.3 is 6.61 Å². The zero-order chi connectivity index (χ0) is 21.7. The molecule has 1 aliphatic heterocycles. The Balaban J connectivity index is 1.53. The molecule has 0 aliphatic carbocycles. The summed E-state index contributed by atoms with van der Waals surface area (Å²) in [5, 5.41) is 2.87. The monoisotopic (exact) mass is 481 g/mol. The lowest BCUT2D eigenvalue weighted by Gasteiger charge is -2.34. The predicted molar refractivity (Wildman–Crippen MR) is 113 cm³/mol. The molecular formula is C21H22BrF2N3O3. The summed E-state index contributed by atoms with van der Waals surface area (Å²) in [5.74, 6) is -0.628. The number of alkyl halides is 2. The molecule has 3 rings (SSSR count). The van der Waals surface area contributed by atoms with Crippen molar-refractivity contribution < 1.29 is 23.1 Å². The van der Waals surface area contributed by atoms with E-state index in [0.717, 1.165) is 15.7 Å². The summed E-state index contributed by atoms with van der Waals surface area (Å²) in [5.41, 5.74) is 1.86. The summed E-state index contributed by atoms with van der Waals surface area (Å²) < 4.78 is 30.6. The summed E-state index contributed by atoms with van der Waals surface area (Å²) in [7, 11) is 0. The number of carbonyl (C=O) groups is 2. The van der Waals surface area contributed by atoms with Crippen LogP contribution in [-0.4, -0.2) is 60.9 Å². The highest BCUT2D eigenvalue weighted by molar-refractivity contribution is 9.10. The zero-order valence-corrected chi connectivity index (χ0v) is 18.0. The summed E-state index contributed by atoms with van der Waals surface area (Å²) in [6.07, 6.45) is 0. The number of amides is 2. The SMILES string of the molecule is Cc1cc(NC(=O)CN2CCN(C(=O)c3ccccc3OC(F)F)CC2)ccc1Br. The minimum Gasteiger partial charge on any atom is -0.434 e. The van der Waals surface area contributed by atoms with Crippen LogP contribution < -0.4 is 10.1 Å². The summed E-state index contributed by atoms with van der Waals surface area (Å²) in [4.78, 5) is 28.6. The lowest BCUT2D eigenvalue weighted by molar-refractivity contribution is -0.117. The van der Waals surface area contributed by atoms with Crippen molar-refractivity contribution in [3.8, 4) is 5.75 Å². The fourth-order valence-corrected chi connectivity index (χ4v) is 3.49. The van der Waals surface area contributed by atoms with E-state index in [9.17, 15) is 18.4 Å². The van der Waals surface area contributed by atoms with Gasteiger partial charge in [-0.2, -0.15) is 8.78 Å². The van der Waals surface area contributed by atoms with Gasteiger partial charge in [0.25, 0.3) is 5.91 Å². The standard InChI is InChI=1S/C21H22BrF2N3O3/c1-14-12-15(6-7-17(14)22)25-19(28)13-26-8-10-27(11-9-26)20(29)16-4-2-3-5-18(16)30-21(23)24/h2-7,12,21H,8-11,13H2,1H3,(H,25,28). The Kier molecular flexibility index (Phi) is 7.38. The second kappa shape index (κ2) is 9.99. The van der Waals surface area contributed by atoms with Gasteiger partial charge in [-0.25, -0.2) is 0 Å². The first-order chi connectivity index (χ1) is 14.3. The highest BCUT2D eigenvalue weighted by Gasteiger charge is 2.25. The van der Waals surface area contributed by atoms with Gasteiger partial charge < -0.3 is 15.0 Å². The molecule has 0 aromatic heterocycles. The number of hydrogen-bond donors (Lipinski definition) is 1. The number of nitrogens with one attached hydrogen (secondary N) is 1. The second-order valence-electron chi connectivity index (χ2n) is 6.96. The zero-order valence-electron chi connectivity index (χ0n) is 16.4. The van der Waals surface area contributed by atoms with E-state index in [1.165, 1.54) is 18.2 Å². The number of carbonyl (C=O) groups excluding carboxylic acids is 2. The smallest absolute Gasteiger partial charge is 0.387 e. The molecule has 1 fully saturated rings. The van der Waals surface area contributed by atoms with E-state index in [0.29, 0.717) is 26.2 Å². The summed E-state index contributed by atoms with van der Waals surface area (Å²) >= 11 is 3.43. The van der Waals surface area contributed by atoms with E-state index in [2.05, 4.69) is 26.0 Å². The highest BCUT2D eigenvalue weighted by atomic mass is 79.9. The fraction of sp³-hybridized carbons (Fsp3) is 0.333. The quantitative estimate of drug-likeness (QED) is 0.682. The molecule has 1 N–H and O–H groups in total. The van der Waals surface area contributed by atoms with Crippen molar-refractivity contribution >= 4 is 33.4 Å². The summed E-state index contributed by atoms with van der Waals surface area (Å²) in [6, 6.07) is 11.6. The van der Waals surface area contributed by atoms with E-state index in [-0.39, 0.29) is 29.7 Å². The van der Waals surface area contributed by atoms with Gasteiger partial charge in [0.05, 0.1) is 12.1 Å². The molecule has 9 heteroatoms. The first-order valence-corrected chi connectivity index (χ1v) is 10.2. The molecule has 0 saturated carbocycles. The van der Waals surface area contributed by atoms with E-state index in [1.54, 1.807) is 11.0 Å². The maximum Gasteiger partial charge on any atom is 0.387 e. The number of rotatable bonds is 6. The van der Waals surface area contributed by atoms with Crippen LogP contribution in [0.5, 0.6) is 5.75 Å². The molecule has 1 heterocycles. The van der Waals surface area contributed by atoms with E-state index in [1.807, 2.05) is 30.0 Å². The number of anilines is 1. The average Bonchev–Trinajstić information content (AvgIpc) is 2.71. The van der Waals surface area contributed by atoms with E-state index in [4.69, 9.17) is 0 Å². The van der Waals surface area contributed by atoms with Gasteiger partial charge in [0.15, 0.2) is 0 Å². The Morgan fingerprint density at radius 1 is 1.13 bits per heavy atom. The predicted octanol–water partition coefficient (Wildman–Crippen LogP) is 3.76. The van der Waals surface area contributed by atoms with Crippen molar-refractivity contribution in [1.29, 1.82) is 0 Å². The number of aryl methyl sites for hydroxylation is 1. The first-order valence-electron chi connectivity index (χ1n) is 9.45. The molecule has 160 valence electrons. The lowest BCUT2D eigenvalue weighted by atomic mass is 10.1. The normalized spacial score (nSPS) is 14.6. The van der Waals surface area contributed by atoms with Gasteiger partial charge in [-0.3, -0.25) is 14.5 Å². The number of benzene rings is 2. The molecule has 30 heavy (non-hydrogen) atoms. The maximum absolute atomic E-state index is 12.7. The third kappa shape index (κ3) is 5.76. The molecule has 1 saturated heterocycles. The van der Waals surface area contributed by atoms with E-state index >= 15 is 0 Å². The minimum atomic E-state index is -3.00. The maximum atomic E-state index is 12.7. The molecular weight excluding hydrogens is 460 g/mol. The average molecular weight is 482 g/mol. The number of para-hydroxylation sites is 1. The number of nitrogens with zero attached hydrogens (tertiary/aromatic N) is 2. The largest absolute Gasteiger partial charge is 0.434 e. The van der Waals surface area contributed by atoms with Crippen LogP contribution in [0.1, 0.15) is 15.9 Å². The Morgan fingerprint density at radius 2 is 1.83 bits per heavy atom. The Bertz CT molecular complexity index is 918. The molecule has 0 atom stereocenters. The molecule has 1 aliphatic rings. The van der Waals surface area contributed by atoms with Crippen LogP contribution in [0.15, 0.2) is 46.9 Å². The number of piperazine rings is 1. The van der Waals surface area contributed by atoms with Crippen LogP contribution in [0.3, 0.4) is 0 Å². The van der Waals surface area contributed by atoms with Crippen LogP contribution in [-0.2, 0) is 4.79 Å². The number of ether oxygens (including phenoxy) is 1. The summed E-state index contributed by atoms with van der Waals surface area (Å²) in [6.45, 7) is 0.970. The number of halogens is 3. The number of hydrogen-bond acceptors (Lipinski definition) is 4. The molecule has 6 nitrogen and oxygen atoms in total. The van der Waals surface area contributed by atoms with Crippen LogP contribution in [0.4, 0.5) is 14.5 Å². The minimum absolute atomic E-state index is 0.106. The molecule has 0 bridgehead atoms. The molecule has 0 spiro atoms. The van der Waals surface area contributed by atoms with Gasteiger partial charge in [0.2, 0.25) is 5.91 Å². The van der Waals surface area contributed by atoms with Crippen LogP contribution in [0, 0.1) is 6.92 Å². The Morgan fingerprint density at radius 3 is 2.50 bits per heavy atom. The van der Waals surface area contributed by atoms with Crippen molar-refractivity contribution in [2.75, 3.05) is 38.0 Å². The lowest BCUT2D eigenvalue weighted by Crippen LogP contribution is -2.50. The molecule has 0 unspecified atom stereocenters. The third-order valence-electron chi connectivity index (χ3n) is 4.80. The van der Waals surface area contributed by atoms with Crippen molar-refractivity contribution in [2.24, 2.45) is 0 Å². The Labute approximate surface area is 181 Å². The topological polar surface area (TPSA) is 61.9 Å². The van der Waals surface area contributed by atoms with Crippen molar-refractivity contribution in [2.45, 2.75) is 13.5 Å². The van der Waals surface area contributed by atoms with Crippen molar-refractivity contribution in [3.05, 3.63) is 58.1 Å². The molecule has 0 radical (unpaired) electrons. The first kappa shape index (κ1) is 22.2. The van der Waals surface area contributed by atoms with Gasteiger partial charge in [0, 0.05) is 36.3 Å². The van der Waals surface area contributed by atoms with Gasteiger partial charge in [0.1, 0.15) is 5.75 Å². The molecule has 2 aromatic rings. The highest BCUT2D eigenvalue weighted by Crippen LogP contribution is 2.23. The third-order valence-corrected chi connectivity index (χ3v) is 5.69. The van der Waals surface area contributed by atoms with Gasteiger partial charge in [-0.05, 0) is 42.8 Å². The van der Waals surface area contributed by atoms with Crippen molar-refractivity contribution in [1.82, 2.24) is 9.80 Å². The van der Waals surface area contributed by atoms with Crippen LogP contribution in [0.25, 0.3) is 0 Å². The van der Waals surface area contributed by atoms with Crippen LogP contribution in [0.2, 0.25) is 0 Å². The molecule has 2 amide bonds. The molecule has 2 aromatic carbocycles.